The lowest BCUT2D eigenvalue weighted by molar-refractivity contribution is 0.102. The van der Waals surface area contributed by atoms with Crippen molar-refractivity contribution in [3.63, 3.8) is 0 Å². The van der Waals surface area contributed by atoms with E-state index in [-0.39, 0.29) is 39.4 Å². The molecule has 0 aliphatic carbocycles. The van der Waals surface area contributed by atoms with Gasteiger partial charge in [-0.15, -0.1) is 11.3 Å². The summed E-state index contributed by atoms with van der Waals surface area (Å²) in [4.78, 5) is 35.2. The molecule has 2 amide bonds. The van der Waals surface area contributed by atoms with Crippen LogP contribution in [0.15, 0.2) is 35.8 Å². The average Bonchev–Trinajstić information content (AvgIpc) is 3.37. The molecule has 4 rings (SSSR count). The fourth-order valence-electron chi connectivity index (χ4n) is 4.72. The van der Waals surface area contributed by atoms with E-state index in [1.807, 2.05) is 11.8 Å². The summed E-state index contributed by atoms with van der Waals surface area (Å²) in [5.74, 6) is -1.03. The largest absolute Gasteiger partial charge is 0.378 e. The van der Waals surface area contributed by atoms with E-state index < -0.39 is 22.5 Å². The number of hydrogen-bond donors (Lipinski definition) is 4. The highest BCUT2D eigenvalue weighted by Crippen LogP contribution is 2.37. The highest BCUT2D eigenvalue weighted by molar-refractivity contribution is 7.72. The summed E-state index contributed by atoms with van der Waals surface area (Å²) in [6.07, 6.45) is 3.32. The Morgan fingerprint density at radius 3 is 2.51 bits per heavy atom. The van der Waals surface area contributed by atoms with E-state index >= 15 is 0 Å². The van der Waals surface area contributed by atoms with E-state index in [0.717, 1.165) is 17.8 Å². The van der Waals surface area contributed by atoms with E-state index in [9.17, 15) is 18.0 Å². The average molecular weight is 716 g/mol. The van der Waals surface area contributed by atoms with Gasteiger partial charge in [0.1, 0.15) is 10.7 Å². The van der Waals surface area contributed by atoms with Crippen molar-refractivity contribution in [2.75, 3.05) is 54.3 Å². The van der Waals surface area contributed by atoms with Crippen molar-refractivity contribution in [2.24, 2.45) is 0 Å². The Kier molecular flexibility index (Phi) is 13.0. The first-order valence-corrected chi connectivity index (χ1v) is 17.5. The number of pyridine rings is 1. The van der Waals surface area contributed by atoms with Crippen molar-refractivity contribution in [3.8, 4) is 0 Å². The number of aromatic nitrogens is 1. The monoisotopic (exact) mass is 714 g/mol. The molecule has 242 valence electrons. The first-order chi connectivity index (χ1) is 21.5. The topological polar surface area (TPSA) is 145 Å². The lowest BCUT2D eigenvalue weighted by Crippen LogP contribution is -2.37. The Bertz CT molecular complexity index is 1600. The summed E-state index contributed by atoms with van der Waals surface area (Å²) < 4.78 is 28.6. The molecule has 3 aromatic rings. The predicted octanol–water partition coefficient (Wildman–Crippen LogP) is 6.03. The molecule has 3 heterocycles. The predicted molar refractivity (Wildman–Crippen MR) is 182 cm³/mol. The number of halogens is 3. The number of benzene rings is 1. The summed E-state index contributed by atoms with van der Waals surface area (Å²) in [7, 11) is -2.70. The first-order valence-electron chi connectivity index (χ1n) is 14.1. The molecule has 0 bridgehead atoms. The molecular formula is C29H33Cl3N6O5S2. The quantitative estimate of drug-likeness (QED) is 0.117. The summed E-state index contributed by atoms with van der Waals surface area (Å²) in [6.45, 7) is 4.48. The number of hydrogen-bond acceptors (Lipinski definition) is 10. The van der Waals surface area contributed by atoms with Gasteiger partial charge in [-0.25, -0.2) is 13.4 Å². The van der Waals surface area contributed by atoms with E-state index in [0.29, 0.717) is 72.7 Å². The van der Waals surface area contributed by atoms with Gasteiger partial charge in [-0.05, 0) is 48.1 Å². The summed E-state index contributed by atoms with van der Waals surface area (Å²) in [5, 5.41) is 16.3. The van der Waals surface area contributed by atoms with Crippen molar-refractivity contribution in [1.82, 2.24) is 9.88 Å². The van der Waals surface area contributed by atoms with Crippen molar-refractivity contribution < 1.29 is 22.7 Å². The Hall–Kier alpha value is -2.78. The van der Waals surface area contributed by atoms with Gasteiger partial charge in [0.25, 0.3) is 11.8 Å². The number of thiol groups is 1. The molecule has 2 aromatic heterocycles. The van der Waals surface area contributed by atoms with Gasteiger partial charge in [0, 0.05) is 43.1 Å². The minimum atomic E-state index is -2.70. The molecule has 16 heteroatoms. The Labute approximate surface area is 282 Å². The summed E-state index contributed by atoms with van der Waals surface area (Å²) in [5.41, 5.74) is 2.03. The molecule has 1 saturated heterocycles. The molecule has 1 aliphatic rings. The van der Waals surface area contributed by atoms with Crippen LogP contribution < -0.4 is 15.5 Å². The van der Waals surface area contributed by atoms with Crippen molar-refractivity contribution in [2.45, 2.75) is 32.7 Å². The molecule has 1 aromatic carbocycles. The molecule has 11 nitrogen and oxygen atoms in total. The van der Waals surface area contributed by atoms with E-state index in [4.69, 9.17) is 44.9 Å². The van der Waals surface area contributed by atoms with Gasteiger partial charge in [0.05, 0.1) is 46.1 Å². The fourth-order valence-corrected chi connectivity index (χ4v) is 6.86. The standard InChI is InChI=1S/C29H33Cl3N6O5S2/c1-2-3-21(33)6-7-37(17-45(41)42)15-18-16-44-27(25(18)32)29(40)36-26-22(28(39)35-24-5-4-19(30)14-34-24)12-20(31)13-23(26)38-8-10-43-11-9-38/h4-5,12-14,16,33,45H,2-3,6-11,15,17H2,1H3,(H,36,40)(H,34,35,39). The molecule has 0 atom stereocenters. The van der Waals surface area contributed by atoms with Gasteiger partial charge in [0.2, 0.25) is 0 Å². The van der Waals surface area contributed by atoms with Crippen LogP contribution in [0.25, 0.3) is 0 Å². The third kappa shape index (κ3) is 9.85. The lowest BCUT2D eigenvalue weighted by atomic mass is 10.1. The van der Waals surface area contributed by atoms with Crippen molar-refractivity contribution in [3.05, 3.63) is 66.9 Å². The highest BCUT2D eigenvalue weighted by atomic mass is 35.5. The SMILES string of the molecule is CCCC(=N)CCN(Cc1csc(C(=O)Nc2c(C(=O)Nc3ccc(Cl)cn3)cc(Cl)cc2N2CCOCC2)c1Cl)C[SH](=O)=O. The third-order valence-corrected chi connectivity index (χ3v) is 9.53. The van der Waals surface area contributed by atoms with Crippen LogP contribution in [0.5, 0.6) is 0 Å². The van der Waals surface area contributed by atoms with Crippen LogP contribution in [-0.4, -0.2) is 74.6 Å². The number of thiophene rings is 1. The molecule has 0 saturated carbocycles. The number of carbonyl (C=O) groups is 2. The number of morpholine rings is 1. The molecule has 1 aliphatic heterocycles. The second kappa shape index (κ2) is 16.7. The second-order valence-corrected chi connectivity index (χ2v) is 13.3. The van der Waals surface area contributed by atoms with Crippen LogP contribution in [0.3, 0.4) is 0 Å². The normalized spacial score (nSPS) is 13.3. The van der Waals surface area contributed by atoms with Crippen molar-refractivity contribution >= 4 is 91.6 Å². The summed E-state index contributed by atoms with van der Waals surface area (Å²) >= 11 is 20.2. The van der Waals surface area contributed by atoms with Gasteiger partial charge < -0.3 is 25.7 Å². The zero-order chi connectivity index (χ0) is 32.5. The van der Waals surface area contributed by atoms with Gasteiger partial charge in [0.15, 0.2) is 10.7 Å². The Morgan fingerprint density at radius 2 is 1.84 bits per heavy atom. The number of rotatable bonds is 14. The van der Waals surface area contributed by atoms with E-state index in [2.05, 4.69) is 15.6 Å². The maximum atomic E-state index is 13.7. The molecule has 1 fully saturated rings. The number of amides is 2. The zero-order valence-corrected chi connectivity index (χ0v) is 28.4. The second-order valence-electron chi connectivity index (χ2n) is 10.3. The minimum absolute atomic E-state index is 0.113. The molecular weight excluding hydrogens is 683 g/mol. The van der Waals surface area contributed by atoms with Crippen LogP contribution in [0.4, 0.5) is 17.2 Å². The minimum Gasteiger partial charge on any atom is -0.378 e. The van der Waals surface area contributed by atoms with Gasteiger partial charge in [-0.3, -0.25) is 14.5 Å². The number of carbonyl (C=O) groups excluding carboxylic acids is 2. The van der Waals surface area contributed by atoms with Crippen LogP contribution in [0.2, 0.25) is 15.1 Å². The van der Waals surface area contributed by atoms with Crippen LogP contribution in [0, 0.1) is 5.41 Å². The molecule has 0 radical (unpaired) electrons. The maximum absolute atomic E-state index is 13.7. The molecule has 0 spiro atoms. The molecule has 3 N–H and O–H groups in total. The highest BCUT2D eigenvalue weighted by Gasteiger charge is 2.26. The van der Waals surface area contributed by atoms with Crippen LogP contribution >= 0.6 is 46.1 Å². The van der Waals surface area contributed by atoms with Crippen molar-refractivity contribution in [1.29, 1.82) is 5.41 Å². The Morgan fingerprint density at radius 1 is 1.09 bits per heavy atom. The van der Waals surface area contributed by atoms with Gasteiger partial charge >= 0.3 is 0 Å². The molecule has 45 heavy (non-hydrogen) atoms. The fraction of sp³-hybridized carbons (Fsp3) is 0.379. The number of nitrogens with one attached hydrogen (secondary N) is 3. The van der Waals surface area contributed by atoms with E-state index in [1.54, 1.807) is 28.5 Å². The smallest absolute Gasteiger partial charge is 0.267 e. The van der Waals surface area contributed by atoms with Gasteiger partial charge in [-0.2, -0.15) is 0 Å². The Balaban J connectivity index is 1.62. The number of anilines is 3. The molecule has 0 unspecified atom stereocenters. The number of ether oxygens (including phenoxy) is 1. The number of nitrogens with zero attached hydrogens (tertiary/aromatic N) is 3. The van der Waals surface area contributed by atoms with Crippen LogP contribution in [-0.2, 0) is 22.0 Å². The van der Waals surface area contributed by atoms with Crippen LogP contribution in [0.1, 0.15) is 51.8 Å². The van der Waals surface area contributed by atoms with Gasteiger partial charge in [-0.1, -0.05) is 48.1 Å². The third-order valence-electron chi connectivity index (χ3n) is 6.88. The lowest BCUT2D eigenvalue weighted by Gasteiger charge is -2.31. The summed E-state index contributed by atoms with van der Waals surface area (Å²) in [6, 6.07) is 6.29. The first kappa shape index (κ1) is 35.1. The van der Waals surface area contributed by atoms with E-state index in [1.165, 1.54) is 12.3 Å². The maximum Gasteiger partial charge on any atom is 0.267 e. The zero-order valence-electron chi connectivity index (χ0n) is 24.4.